The molecule has 0 spiro atoms. The molecule has 9 heteroatoms. The second-order valence-electron chi connectivity index (χ2n) is 0.513. The summed E-state index contributed by atoms with van der Waals surface area (Å²) in [5.41, 5.74) is 0. The molecule has 0 saturated heterocycles. The van der Waals surface area contributed by atoms with Gasteiger partial charge in [0.25, 0.3) is 0 Å². The fourth-order valence-electron chi connectivity index (χ4n) is 0. The molecule has 0 aromatic carbocycles. The molecule has 0 aromatic heterocycles. The summed E-state index contributed by atoms with van der Waals surface area (Å²) in [7, 11) is -4.64. The van der Waals surface area contributed by atoms with Crippen molar-refractivity contribution in [3.05, 3.63) is 0 Å². The molecule has 0 heterocycles. The first-order valence-corrected chi connectivity index (χ1v) is 2.35. The molecular formula is H5MnNa2O4PV. The summed E-state index contributed by atoms with van der Waals surface area (Å²) in [6.45, 7) is 0. The maximum Gasteiger partial charge on any atom is 0 e. The van der Waals surface area contributed by atoms with E-state index in [0.717, 1.165) is 0 Å². The van der Waals surface area contributed by atoms with Gasteiger partial charge in [-0.2, -0.15) is 0 Å². The van der Waals surface area contributed by atoms with E-state index in [-0.39, 0.29) is 94.7 Å². The van der Waals surface area contributed by atoms with Crippen LogP contribution in [0.1, 0.15) is 0 Å². The van der Waals surface area contributed by atoms with E-state index in [9.17, 15) is 0 Å². The Bertz CT molecular complexity index is 64.7. The van der Waals surface area contributed by atoms with Gasteiger partial charge in [0.1, 0.15) is 0 Å². The van der Waals surface area contributed by atoms with Gasteiger partial charge < -0.3 is 14.7 Å². The first-order chi connectivity index (χ1) is 2.00. The van der Waals surface area contributed by atoms with Gasteiger partial charge in [0, 0.05) is 35.6 Å². The summed E-state index contributed by atoms with van der Waals surface area (Å²) in [6.07, 6.45) is 0. The van der Waals surface area contributed by atoms with Gasteiger partial charge in [0.2, 0.25) is 0 Å². The van der Waals surface area contributed by atoms with Gasteiger partial charge >= 0.3 is 66.9 Å². The maximum absolute atomic E-state index is 8.88. The van der Waals surface area contributed by atoms with Crippen molar-refractivity contribution < 1.29 is 54.9 Å². The van der Waals surface area contributed by atoms with Crippen LogP contribution in [0.15, 0.2) is 0 Å². The smallest absolute Gasteiger partial charge is 0 e. The van der Waals surface area contributed by atoms with Crippen LogP contribution in [0.2, 0.25) is 0 Å². The van der Waals surface area contributed by atoms with Crippen molar-refractivity contribution in [2.24, 2.45) is 0 Å². The third kappa shape index (κ3) is 92.2. The average molecular weight is 252 g/mol. The summed E-state index contributed by atoms with van der Waals surface area (Å²) in [5, 5.41) is 0. The Hall–Kier alpha value is 3.21. The van der Waals surface area contributed by atoms with E-state index >= 15 is 0 Å². The van der Waals surface area contributed by atoms with Gasteiger partial charge in [-0.25, -0.2) is 4.57 Å². The summed E-state index contributed by atoms with van der Waals surface area (Å²) in [4.78, 5) is 21.6. The number of rotatable bonds is 0. The molecule has 0 atom stereocenters. The minimum atomic E-state index is -4.64. The zero-order valence-corrected chi connectivity index (χ0v) is 6.49. The molecule has 0 aromatic rings. The molecule has 9 heavy (non-hydrogen) atoms. The summed E-state index contributed by atoms with van der Waals surface area (Å²) in [6, 6.07) is 0. The Labute approximate surface area is 120 Å². The van der Waals surface area contributed by atoms with Gasteiger partial charge in [-0.3, -0.25) is 0 Å². The van der Waals surface area contributed by atoms with Crippen LogP contribution in [0.5, 0.6) is 0 Å². The van der Waals surface area contributed by atoms with Gasteiger partial charge in [-0.15, -0.1) is 0 Å². The second-order valence-corrected chi connectivity index (χ2v) is 1.54. The topological polar surface area (TPSA) is 77.8 Å². The average Bonchev–Trinajstić information content (AvgIpc) is 0.722. The fourth-order valence-corrected chi connectivity index (χ4v) is 0. The molecule has 2 radical (unpaired) electrons. The van der Waals surface area contributed by atoms with Crippen molar-refractivity contribution >= 4 is 66.9 Å². The molecule has 0 aliphatic rings. The monoisotopic (exact) mass is 252 g/mol. The standard InChI is InChI=1S/Mn.2Na.H3O4P.V.2H/c;;;1-5(2,3)4;;;/h;;;(H3,1,2,3,4);;;. The van der Waals surface area contributed by atoms with Crippen LogP contribution in [-0.2, 0) is 40.2 Å². The molecule has 3 N–H and O–H groups in total. The van der Waals surface area contributed by atoms with Crippen molar-refractivity contribution in [2.75, 3.05) is 0 Å². The molecule has 0 unspecified atom stereocenters. The van der Waals surface area contributed by atoms with E-state index in [1.54, 1.807) is 0 Å². The quantitative estimate of drug-likeness (QED) is 0.337. The van der Waals surface area contributed by atoms with Crippen molar-refractivity contribution in [1.29, 1.82) is 0 Å². The van der Waals surface area contributed by atoms with Crippen LogP contribution in [0.4, 0.5) is 0 Å². The molecule has 0 aliphatic heterocycles. The maximum atomic E-state index is 8.88. The van der Waals surface area contributed by atoms with Crippen LogP contribution < -0.4 is 0 Å². The van der Waals surface area contributed by atoms with Crippen molar-refractivity contribution in [1.82, 2.24) is 0 Å². The first kappa shape index (κ1) is 29.5. The summed E-state index contributed by atoms with van der Waals surface area (Å²) < 4.78 is 8.88. The molecule has 4 nitrogen and oxygen atoms in total. The van der Waals surface area contributed by atoms with Crippen molar-refractivity contribution in [3.63, 3.8) is 0 Å². The van der Waals surface area contributed by atoms with E-state index in [1.165, 1.54) is 0 Å². The predicted octanol–water partition coefficient (Wildman–Crippen LogP) is -2.23. The minimum Gasteiger partial charge on any atom is 0 e. The zero-order chi connectivity index (χ0) is 4.50. The Morgan fingerprint density at radius 1 is 1.00 bits per heavy atom. The fraction of sp³-hybridized carbons (Fsp3) is 0. The molecule has 0 bridgehead atoms. The second kappa shape index (κ2) is 13.8. The molecule has 0 rings (SSSR count). The van der Waals surface area contributed by atoms with Crippen LogP contribution >= 0.6 is 7.82 Å². The Morgan fingerprint density at radius 3 is 1.00 bits per heavy atom. The third-order valence-corrected chi connectivity index (χ3v) is 0. The van der Waals surface area contributed by atoms with Crippen molar-refractivity contribution in [2.45, 2.75) is 0 Å². The number of hydrogen-bond donors (Lipinski definition) is 3. The molecule has 0 amide bonds. The van der Waals surface area contributed by atoms with Crippen molar-refractivity contribution in [3.8, 4) is 0 Å². The van der Waals surface area contributed by atoms with Gasteiger partial charge in [0.15, 0.2) is 0 Å². The zero-order valence-electron chi connectivity index (χ0n) is 3.02. The first-order valence-electron chi connectivity index (χ1n) is 0.783. The van der Waals surface area contributed by atoms with E-state index in [2.05, 4.69) is 0 Å². The SMILES string of the molecule is O=P(O)(O)O.[Mn].[NaH].[NaH].[V]. The minimum absolute atomic E-state index is 0. The van der Waals surface area contributed by atoms with Crippen LogP contribution in [0.25, 0.3) is 0 Å². The Kier molecular flexibility index (Phi) is 45.2. The van der Waals surface area contributed by atoms with Crippen LogP contribution in [-0.4, -0.2) is 73.8 Å². The molecule has 0 saturated carbocycles. The Morgan fingerprint density at radius 2 is 1.00 bits per heavy atom. The van der Waals surface area contributed by atoms with Gasteiger partial charge in [-0.05, 0) is 0 Å². The number of phosphoric acid groups is 1. The number of hydrogen-bond acceptors (Lipinski definition) is 1. The normalized spacial score (nSPS) is 6.56. The predicted molar refractivity (Wildman–Crippen MR) is 28.6 cm³/mol. The molecule has 0 aliphatic carbocycles. The van der Waals surface area contributed by atoms with Gasteiger partial charge in [-0.1, -0.05) is 0 Å². The van der Waals surface area contributed by atoms with E-state index in [1.807, 2.05) is 0 Å². The molecule has 48 valence electrons. The largest absolute Gasteiger partial charge is 0 e. The van der Waals surface area contributed by atoms with Crippen LogP contribution in [0.3, 0.4) is 0 Å². The van der Waals surface area contributed by atoms with Crippen LogP contribution in [0, 0.1) is 0 Å². The summed E-state index contributed by atoms with van der Waals surface area (Å²) in [5.74, 6) is 0. The van der Waals surface area contributed by atoms with E-state index in [0.29, 0.717) is 0 Å². The van der Waals surface area contributed by atoms with E-state index in [4.69, 9.17) is 19.2 Å². The van der Waals surface area contributed by atoms with E-state index < -0.39 is 7.82 Å². The summed E-state index contributed by atoms with van der Waals surface area (Å²) >= 11 is 0. The third-order valence-electron chi connectivity index (χ3n) is 0. The molecular weight excluding hydrogens is 247 g/mol. The Balaban J connectivity index is -0.0000000133. The van der Waals surface area contributed by atoms with Gasteiger partial charge in [0.05, 0.1) is 0 Å². The molecule has 0 fully saturated rings.